The molecule has 0 aliphatic carbocycles. The molecule has 4 amide bonds. The molecule has 6 aromatic carbocycles. The number of nitrogen functional groups attached to an aromatic ring is 1. The van der Waals surface area contributed by atoms with Crippen LogP contribution in [0.2, 0.25) is 0 Å². The largest absolute Gasteiger partial charge is 0.399 e. The van der Waals surface area contributed by atoms with Gasteiger partial charge in [0.15, 0.2) is 0 Å². The minimum atomic E-state index is -0.294. The van der Waals surface area contributed by atoms with Crippen molar-refractivity contribution in [2.24, 2.45) is 23.7 Å². The Kier molecular flexibility index (Phi) is 7.32. The van der Waals surface area contributed by atoms with Crippen molar-refractivity contribution in [2.75, 3.05) is 5.73 Å². The van der Waals surface area contributed by atoms with Crippen LogP contribution >= 0.6 is 0 Å². The Morgan fingerprint density at radius 3 is 1.25 bits per heavy atom. The van der Waals surface area contributed by atoms with Gasteiger partial charge < -0.3 is 5.73 Å². The maximum absolute atomic E-state index is 14.7. The zero-order chi connectivity index (χ0) is 36.4. The lowest BCUT2D eigenvalue weighted by Crippen LogP contribution is -2.51. The van der Waals surface area contributed by atoms with Crippen LogP contribution in [0, 0.1) is 23.7 Å². The predicted octanol–water partition coefficient (Wildman–Crippen LogP) is 9.54. The normalized spacial score (nSPS) is 15.1. The number of anilines is 1. The maximum atomic E-state index is 14.7. The third-order valence-corrected chi connectivity index (χ3v) is 11.3. The molecule has 7 heteroatoms. The maximum Gasteiger partial charge on any atom is 0.261 e. The second-order valence-electron chi connectivity index (χ2n) is 15.9. The Hall–Kier alpha value is -5.30. The van der Waals surface area contributed by atoms with Crippen LogP contribution in [-0.2, 0) is 0 Å². The Bertz CT molecular complexity index is 2450. The van der Waals surface area contributed by atoms with Crippen LogP contribution in [0.25, 0.3) is 54.2 Å². The first kappa shape index (κ1) is 32.9. The van der Waals surface area contributed by atoms with E-state index in [1.165, 1.54) is 9.80 Å². The van der Waals surface area contributed by atoms with Crippen LogP contribution in [0.1, 0.15) is 96.8 Å². The van der Waals surface area contributed by atoms with E-state index in [0.717, 1.165) is 43.4 Å². The van der Waals surface area contributed by atoms with Crippen molar-refractivity contribution < 1.29 is 19.2 Å². The molecule has 2 aliphatic rings. The molecule has 258 valence electrons. The second-order valence-corrected chi connectivity index (χ2v) is 15.9. The van der Waals surface area contributed by atoms with Crippen molar-refractivity contribution in [1.82, 2.24) is 9.80 Å². The summed E-state index contributed by atoms with van der Waals surface area (Å²) in [5.41, 5.74) is 10.5. The molecule has 0 spiro atoms. The number of amides is 4. The third-order valence-electron chi connectivity index (χ3n) is 11.3. The van der Waals surface area contributed by atoms with Gasteiger partial charge in [-0.05, 0) is 104 Å². The van der Waals surface area contributed by atoms with Gasteiger partial charge in [0.25, 0.3) is 23.6 Å². The van der Waals surface area contributed by atoms with E-state index in [-0.39, 0.29) is 59.4 Å². The quantitative estimate of drug-likeness (QED) is 0.0785. The average molecular weight is 678 g/mol. The molecule has 2 heterocycles. The Labute approximate surface area is 297 Å². The lowest BCUT2D eigenvalue weighted by atomic mass is 9.78. The van der Waals surface area contributed by atoms with E-state index in [4.69, 9.17) is 5.73 Å². The summed E-state index contributed by atoms with van der Waals surface area (Å²) < 4.78 is 0. The third kappa shape index (κ3) is 4.43. The minimum Gasteiger partial charge on any atom is -0.399 e. The summed E-state index contributed by atoms with van der Waals surface area (Å²) in [6, 6.07) is 20.5. The van der Waals surface area contributed by atoms with E-state index in [1.54, 1.807) is 0 Å². The topological polar surface area (TPSA) is 101 Å². The fraction of sp³-hybridized carbons (Fsp3) is 0.318. The molecule has 7 nitrogen and oxygen atoms in total. The molecule has 0 fully saturated rings. The van der Waals surface area contributed by atoms with Crippen LogP contribution in [0.5, 0.6) is 0 Å². The van der Waals surface area contributed by atoms with Gasteiger partial charge in [0.2, 0.25) is 0 Å². The van der Waals surface area contributed by atoms with Gasteiger partial charge in [-0.25, -0.2) is 0 Å². The molecule has 0 atom stereocenters. The number of carbonyl (C=O) groups excluding carboxylic acids is 4. The Morgan fingerprint density at radius 2 is 0.804 bits per heavy atom. The summed E-state index contributed by atoms with van der Waals surface area (Å²) in [6.07, 6.45) is 0. The number of nitrogens with two attached hydrogens (primary N) is 1. The highest BCUT2D eigenvalue weighted by Gasteiger charge is 2.43. The monoisotopic (exact) mass is 677 g/mol. The van der Waals surface area contributed by atoms with Crippen LogP contribution < -0.4 is 5.73 Å². The number of imide groups is 2. The average Bonchev–Trinajstić information content (AvgIpc) is 3.08. The summed E-state index contributed by atoms with van der Waals surface area (Å²) in [6.45, 7) is 16.4. The van der Waals surface area contributed by atoms with Gasteiger partial charge in [-0.3, -0.25) is 29.0 Å². The number of nitrogens with zero attached hydrogens (tertiary/aromatic N) is 2. The van der Waals surface area contributed by atoms with Gasteiger partial charge in [0.1, 0.15) is 0 Å². The van der Waals surface area contributed by atoms with E-state index in [9.17, 15) is 19.2 Å². The van der Waals surface area contributed by atoms with Gasteiger partial charge in [-0.15, -0.1) is 0 Å². The van der Waals surface area contributed by atoms with E-state index < -0.39 is 0 Å². The molecule has 6 aromatic rings. The molecule has 0 unspecified atom stereocenters. The van der Waals surface area contributed by atoms with E-state index in [1.807, 2.05) is 66.7 Å². The van der Waals surface area contributed by atoms with Gasteiger partial charge in [0.05, 0.1) is 0 Å². The van der Waals surface area contributed by atoms with E-state index >= 15 is 0 Å². The van der Waals surface area contributed by atoms with Crippen molar-refractivity contribution in [1.29, 1.82) is 0 Å². The van der Waals surface area contributed by atoms with Crippen LogP contribution in [0.3, 0.4) is 0 Å². The molecule has 0 aromatic heterocycles. The molecule has 2 N–H and O–H groups in total. The van der Waals surface area contributed by atoms with Crippen molar-refractivity contribution in [3.8, 4) is 11.1 Å². The number of hydrogen-bond donors (Lipinski definition) is 1. The fourth-order valence-electron chi connectivity index (χ4n) is 9.57. The molecule has 51 heavy (non-hydrogen) atoms. The zero-order valence-corrected chi connectivity index (χ0v) is 30.4. The summed E-state index contributed by atoms with van der Waals surface area (Å²) in [7, 11) is 0. The summed E-state index contributed by atoms with van der Waals surface area (Å²) in [5, 5.41) is 6.42. The molecule has 8 rings (SSSR count). The van der Waals surface area contributed by atoms with E-state index in [0.29, 0.717) is 38.7 Å². The first-order valence-electron chi connectivity index (χ1n) is 18.1. The fourth-order valence-corrected chi connectivity index (χ4v) is 9.57. The lowest BCUT2D eigenvalue weighted by molar-refractivity contribution is 0.0423. The number of hydrogen-bond acceptors (Lipinski definition) is 5. The molecule has 0 saturated carbocycles. The molecule has 0 saturated heterocycles. The highest BCUT2D eigenvalue weighted by Crippen LogP contribution is 2.50. The molecular weight excluding hydrogens is 635 g/mol. The van der Waals surface area contributed by atoms with Crippen molar-refractivity contribution in [3.63, 3.8) is 0 Å². The first-order chi connectivity index (χ1) is 24.2. The van der Waals surface area contributed by atoms with Crippen molar-refractivity contribution >= 4 is 72.4 Å². The number of rotatable bonds is 7. The van der Waals surface area contributed by atoms with Crippen molar-refractivity contribution in [3.05, 3.63) is 89.0 Å². The Morgan fingerprint density at radius 1 is 0.412 bits per heavy atom. The molecule has 0 radical (unpaired) electrons. The van der Waals surface area contributed by atoms with Crippen LogP contribution in [0.15, 0.2) is 66.7 Å². The summed E-state index contributed by atoms with van der Waals surface area (Å²) in [5.74, 6) is -0.842. The lowest BCUT2D eigenvalue weighted by Gasteiger charge is -2.39. The first-order valence-corrected chi connectivity index (χ1v) is 18.1. The second kappa shape index (κ2) is 11.4. The smallest absolute Gasteiger partial charge is 0.261 e. The van der Waals surface area contributed by atoms with Gasteiger partial charge in [0, 0.05) is 50.8 Å². The highest BCUT2D eigenvalue weighted by molar-refractivity contribution is 6.43. The summed E-state index contributed by atoms with van der Waals surface area (Å²) >= 11 is 0. The summed E-state index contributed by atoms with van der Waals surface area (Å²) in [4.78, 5) is 60.7. The zero-order valence-electron chi connectivity index (χ0n) is 30.4. The number of benzene rings is 6. The van der Waals surface area contributed by atoms with Gasteiger partial charge in [-0.2, -0.15) is 0 Å². The van der Waals surface area contributed by atoms with E-state index in [2.05, 4.69) is 55.4 Å². The van der Waals surface area contributed by atoms with Gasteiger partial charge >= 0.3 is 0 Å². The standard InChI is InChI=1S/C44H43N3O4/c1-20(2)39(21(3)4)46-41(48)29-16-13-26-27-14-17-31-37-33(44(51)47(43(31)50)40(22(5)6)23(7)8)19-32(24-9-11-25(45)12-10-24)35(38(27)37)28-15-18-30(42(46)49)36(29)34(26)28/h9-23,39-40H,45H2,1-8H3. The molecular formula is C44H43N3O4. The number of fused-ring (bicyclic) bond motifs is 2. The van der Waals surface area contributed by atoms with Crippen LogP contribution in [0.4, 0.5) is 5.69 Å². The number of carbonyl (C=O) groups is 4. The van der Waals surface area contributed by atoms with Gasteiger partial charge in [-0.1, -0.05) is 85.7 Å². The molecule has 0 bridgehead atoms. The van der Waals surface area contributed by atoms with Crippen LogP contribution in [-0.4, -0.2) is 45.5 Å². The minimum absolute atomic E-state index is 0.0630. The predicted molar refractivity (Wildman–Crippen MR) is 205 cm³/mol. The Balaban J connectivity index is 1.51. The highest BCUT2D eigenvalue weighted by atomic mass is 16.2. The van der Waals surface area contributed by atoms with Crippen molar-refractivity contribution in [2.45, 2.75) is 67.5 Å². The SMILES string of the molecule is CC(C)C(C(C)C)N1C(=O)c2ccc3c4ccc5c6c(cc(-c7ccc(N)cc7)c(c7ccc(c2c37)C1=O)c64)C(=O)N(C(C(C)C)C(C)C)C5=O. The molecule has 2 aliphatic heterocycles.